The van der Waals surface area contributed by atoms with Crippen LogP contribution in [0.5, 0.6) is 0 Å². The zero-order chi connectivity index (χ0) is 13.1. The van der Waals surface area contributed by atoms with Crippen LogP contribution in [0.15, 0.2) is 30.6 Å². The lowest BCUT2D eigenvalue weighted by Gasteiger charge is -2.05. The molecular weight excluding hydrogens is 233 g/mol. The van der Waals surface area contributed by atoms with E-state index in [1.807, 2.05) is 0 Å². The number of carbonyl (C=O) groups excluding carboxylic acids is 1. The average molecular weight is 244 g/mol. The molecule has 0 atom stereocenters. The molecule has 0 bridgehead atoms. The van der Waals surface area contributed by atoms with Gasteiger partial charge in [0.15, 0.2) is 5.78 Å². The first-order valence-electron chi connectivity index (χ1n) is 4.73. The van der Waals surface area contributed by atoms with Crippen LogP contribution in [0.2, 0.25) is 0 Å². The Balaban J connectivity index is 2.85. The molecule has 1 aromatic rings. The number of hydrogen-bond donors (Lipinski definition) is 0. The van der Waals surface area contributed by atoms with Gasteiger partial charge in [0.1, 0.15) is 5.69 Å². The van der Waals surface area contributed by atoms with Crippen molar-refractivity contribution in [3.63, 3.8) is 0 Å². The van der Waals surface area contributed by atoms with Gasteiger partial charge in [-0.2, -0.15) is 13.2 Å². The summed E-state index contributed by atoms with van der Waals surface area (Å²) >= 11 is 0. The number of carbonyl (C=O) groups is 1. The molecule has 0 aliphatic rings. The fraction of sp³-hybridized carbons (Fsp3) is 0.273. The van der Waals surface area contributed by atoms with E-state index in [0.29, 0.717) is 0 Å². The molecule has 0 unspecified atom stereocenters. The largest absolute Gasteiger partial charge is 0.433 e. The van der Waals surface area contributed by atoms with Crippen molar-refractivity contribution in [2.45, 2.75) is 6.18 Å². The van der Waals surface area contributed by atoms with Crippen LogP contribution in [-0.2, 0) is 6.18 Å². The van der Waals surface area contributed by atoms with Crippen molar-refractivity contribution in [3.05, 3.63) is 41.9 Å². The van der Waals surface area contributed by atoms with E-state index in [-0.39, 0.29) is 11.3 Å². The summed E-state index contributed by atoms with van der Waals surface area (Å²) < 4.78 is 36.6. The van der Waals surface area contributed by atoms with Crippen LogP contribution in [0.25, 0.3) is 0 Å². The van der Waals surface area contributed by atoms with Gasteiger partial charge in [-0.15, -0.1) is 0 Å². The number of aromatic nitrogens is 1. The van der Waals surface area contributed by atoms with Crippen LogP contribution in [0.1, 0.15) is 16.1 Å². The number of hydrogen-bond acceptors (Lipinski definition) is 3. The van der Waals surface area contributed by atoms with Gasteiger partial charge < -0.3 is 4.90 Å². The molecule has 0 amide bonds. The lowest BCUT2D eigenvalue weighted by Crippen LogP contribution is -2.09. The molecule has 0 aromatic carbocycles. The number of rotatable bonds is 3. The van der Waals surface area contributed by atoms with E-state index >= 15 is 0 Å². The maximum Gasteiger partial charge on any atom is 0.433 e. The lowest BCUT2D eigenvalue weighted by molar-refractivity contribution is -0.141. The minimum Gasteiger partial charge on any atom is -0.383 e. The van der Waals surface area contributed by atoms with Gasteiger partial charge in [-0.05, 0) is 12.1 Å². The molecule has 92 valence electrons. The number of allylic oxidation sites excluding steroid dienone is 1. The third kappa shape index (κ3) is 3.90. The van der Waals surface area contributed by atoms with Gasteiger partial charge in [-0.25, -0.2) is 0 Å². The first kappa shape index (κ1) is 13.2. The number of ketones is 1. The Morgan fingerprint density at radius 2 is 2.00 bits per heavy atom. The van der Waals surface area contributed by atoms with Crippen LogP contribution in [0.3, 0.4) is 0 Å². The minimum atomic E-state index is -4.49. The van der Waals surface area contributed by atoms with Gasteiger partial charge in [-0.1, -0.05) is 0 Å². The van der Waals surface area contributed by atoms with Crippen molar-refractivity contribution in [1.29, 1.82) is 0 Å². The summed E-state index contributed by atoms with van der Waals surface area (Å²) in [5, 5.41) is 0. The maximum atomic E-state index is 12.2. The maximum absolute atomic E-state index is 12.2. The molecule has 0 aliphatic heterocycles. The number of alkyl halides is 3. The van der Waals surface area contributed by atoms with E-state index in [0.717, 1.165) is 18.3 Å². The molecule has 0 saturated heterocycles. The fourth-order valence-corrected chi connectivity index (χ4v) is 1.02. The normalized spacial score (nSPS) is 11.8. The molecule has 6 heteroatoms. The highest BCUT2D eigenvalue weighted by atomic mass is 19.4. The second-order valence-electron chi connectivity index (χ2n) is 3.57. The average Bonchev–Trinajstić information content (AvgIpc) is 2.25. The lowest BCUT2D eigenvalue weighted by atomic mass is 10.1. The second kappa shape index (κ2) is 4.99. The van der Waals surface area contributed by atoms with Gasteiger partial charge in [0.25, 0.3) is 0 Å². The third-order valence-electron chi connectivity index (χ3n) is 1.86. The standard InChI is InChI=1S/C11H11F3N2O/c1-16(2)6-5-9(17)8-3-4-10(15-7-8)11(12,13)14/h3-7H,1-2H3/b6-5+. The van der Waals surface area contributed by atoms with E-state index in [1.54, 1.807) is 19.0 Å². The Kier molecular flexibility index (Phi) is 3.88. The topological polar surface area (TPSA) is 33.2 Å². The van der Waals surface area contributed by atoms with Crippen LogP contribution >= 0.6 is 0 Å². The summed E-state index contributed by atoms with van der Waals surface area (Å²) in [5.74, 6) is -0.389. The third-order valence-corrected chi connectivity index (χ3v) is 1.86. The molecule has 0 aliphatic carbocycles. The summed E-state index contributed by atoms with van der Waals surface area (Å²) in [6.07, 6.45) is -0.781. The van der Waals surface area contributed by atoms with Crippen molar-refractivity contribution in [2.24, 2.45) is 0 Å². The molecule has 0 N–H and O–H groups in total. The molecule has 1 rings (SSSR count). The predicted molar refractivity (Wildman–Crippen MR) is 56.4 cm³/mol. The summed E-state index contributed by atoms with van der Waals surface area (Å²) in [6, 6.07) is 1.90. The minimum absolute atomic E-state index is 0.121. The summed E-state index contributed by atoms with van der Waals surface area (Å²) in [4.78, 5) is 16.3. The molecule has 0 fully saturated rings. The highest BCUT2D eigenvalue weighted by molar-refractivity contribution is 6.04. The van der Waals surface area contributed by atoms with Crippen molar-refractivity contribution in [3.8, 4) is 0 Å². The highest BCUT2D eigenvalue weighted by Gasteiger charge is 2.32. The molecule has 3 nitrogen and oxygen atoms in total. The van der Waals surface area contributed by atoms with Crippen LogP contribution < -0.4 is 0 Å². The zero-order valence-electron chi connectivity index (χ0n) is 9.32. The van der Waals surface area contributed by atoms with E-state index in [4.69, 9.17) is 0 Å². The molecule has 17 heavy (non-hydrogen) atoms. The van der Waals surface area contributed by atoms with Gasteiger partial charge in [-0.3, -0.25) is 9.78 Å². The van der Waals surface area contributed by atoms with Gasteiger partial charge >= 0.3 is 6.18 Å². The van der Waals surface area contributed by atoms with E-state index < -0.39 is 11.9 Å². The second-order valence-corrected chi connectivity index (χ2v) is 3.57. The molecule has 0 saturated carbocycles. The SMILES string of the molecule is CN(C)/C=C/C(=O)c1ccc(C(F)(F)F)nc1. The quantitative estimate of drug-likeness (QED) is 0.604. The van der Waals surface area contributed by atoms with Gasteiger partial charge in [0.05, 0.1) is 0 Å². The monoisotopic (exact) mass is 244 g/mol. The predicted octanol–water partition coefficient (Wildman–Crippen LogP) is 2.36. The first-order valence-corrected chi connectivity index (χ1v) is 4.73. The Labute approximate surface area is 96.6 Å². The Hall–Kier alpha value is -1.85. The summed E-state index contributed by atoms with van der Waals surface area (Å²) in [7, 11) is 3.46. The zero-order valence-corrected chi connectivity index (χ0v) is 9.32. The smallest absolute Gasteiger partial charge is 0.383 e. The molecule has 1 aromatic heterocycles. The number of pyridine rings is 1. The van der Waals surface area contributed by atoms with E-state index in [2.05, 4.69) is 4.98 Å². The van der Waals surface area contributed by atoms with Crippen LogP contribution in [0, 0.1) is 0 Å². The molecule has 0 radical (unpaired) electrons. The van der Waals surface area contributed by atoms with Crippen molar-refractivity contribution >= 4 is 5.78 Å². The van der Waals surface area contributed by atoms with Crippen molar-refractivity contribution < 1.29 is 18.0 Å². The van der Waals surface area contributed by atoms with Crippen LogP contribution in [-0.4, -0.2) is 29.8 Å². The van der Waals surface area contributed by atoms with Crippen LogP contribution in [0.4, 0.5) is 13.2 Å². The van der Waals surface area contributed by atoms with Gasteiger partial charge in [0.2, 0.25) is 0 Å². The highest BCUT2D eigenvalue weighted by Crippen LogP contribution is 2.27. The summed E-state index contributed by atoms with van der Waals surface area (Å²) in [6.45, 7) is 0. The van der Waals surface area contributed by atoms with E-state index in [1.165, 1.54) is 12.3 Å². The number of nitrogens with zero attached hydrogens (tertiary/aromatic N) is 2. The van der Waals surface area contributed by atoms with E-state index in [9.17, 15) is 18.0 Å². The first-order chi connectivity index (χ1) is 7.80. The van der Waals surface area contributed by atoms with Crippen molar-refractivity contribution in [2.75, 3.05) is 14.1 Å². The molecule has 1 heterocycles. The Morgan fingerprint density at radius 3 is 2.41 bits per heavy atom. The van der Waals surface area contributed by atoms with Gasteiger partial charge in [0, 0.05) is 38.1 Å². The van der Waals surface area contributed by atoms with Crippen molar-refractivity contribution in [1.82, 2.24) is 9.88 Å². The Morgan fingerprint density at radius 1 is 1.35 bits per heavy atom. The molecule has 0 spiro atoms. The fourth-order valence-electron chi connectivity index (χ4n) is 1.02. The molecular formula is C11H11F3N2O. The Bertz CT molecular complexity index is 421. The summed E-state index contributed by atoms with van der Waals surface area (Å²) in [5.41, 5.74) is -0.887. The number of halogens is 3.